The molecule has 0 spiro atoms. The molecule has 1 rings (SSSR count). The van der Waals surface area contributed by atoms with Crippen LogP contribution in [-0.2, 0) is 4.79 Å². The van der Waals surface area contributed by atoms with Crippen molar-refractivity contribution in [3.05, 3.63) is 0 Å². The van der Waals surface area contributed by atoms with Gasteiger partial charge in [-0.1, -0.05) is 27.7 Å². The Morgan fingerprint density at radius 2 is 1.93 bits per heavy atom. The van der Waals surface area contributed by atoms with Crippen molar-refractivity contribution in [3.63, 3.8) is 0 Å². The largest absolute Gasteiger partial charge is 0.300 e. The number of ketones is 1. The second kappa shape index (κ2) is 5.20. The van der Waals surface area contributed by atoms with Crippen LogP contribution in [0.2, 0.25) is 0 Å². The van der Waals surface area contributed by atoms with Crippen LogP contribution in [0, 0.1) is 11.8 Å². The van der Waals surface area contributed by atoms with Crippen LogP contribution in [0.3, 0.4) is 0 Å². The molecule has 1 aliphatic carbocycles. The number of Topliss-reactive ketones (excluding diaryl/α,β-unsaturated/α-hetero) is 1. The normalized spacial score (nSPS) is 28.9. The van der Waals surface area contributed by atoms with Crippen molar-refractivity contribution in [2.45, 2.75) is 57.5 Å². The predicted molar refractivity (Wildman–Crippen MR) is 63.7 cm³/mol. The SMILES string of the molecule is CC(C)SC1CC(=O)CCC1C(C)C. The third-order valence-corrected chi connectivity index (χ3v) is 4.38. The molecular formula is C12H22OS. The van der Waals surface area contributed by atoms with Gasteiger partial charge in [-0.15, -0.1) is 0 Å². The zero-order valence-corrected chi connectivity index (χ0v) is 10.6. The van der Waals surface area contributed by atoms with Crippen molar-refractivity contribution in [1.29, 1.82) is 0 Å². The average Bonchev–Trinajstić information content (AvgIpc) is 2.01. The summed E-state index contributed by atoms with van der Waals surface area (Å²) >= 11 is 1.99. The van der Waals surface area contributed by atoms with Crippen LogP contribution >= 0.6 is 11.8 Å². The van der Waals surface area contributed by atoms with E-state index in [4.69, 9.17) is 0 Å². The summed E-state index contributed by atoms with van der Waals surface area (Å²) in [5.74, 6) is 1.94. The first kappa shape index (κ1) is 12.1. The van der Waals surface area contributed by atoms with Crippen LogP contribution in [0.1, 0.15) is 47.0 Å². The molecule has 0 aliphatic heterocycles. The molecule has 0 radical (unpaired) electrons. The Balaban J connectivity index is 2.58. The Morgan fingerprint density at radius 3 is 2.43 bits per heavy atom. The van der Waals surface area contributed by atoms with Crippen molar-refractivity contribution < 1.29 is 4.79 Å². The highest BCUT2D eigenvalue weighted by Crippen LogP contribution is 2.37. The van der Waals surface area contributed by atoms with Gasteiger partial charge in [0.2, 0.25) is 0 Å². The minimum absolute atomic E-state index is 0.472. The monoisotopic (exact) mass is 214 g/mol. The molecule has 0 aromatic carbocycles. The molecule has 1 nitrogen and oxygen atoms in total. The number of hydrogen-bond donors (Lipinski definition) is 0. The maximum atomic E-state index is 11.4. The molecule has 0 heterocycles. The van der Waals surface area contributed by atoms with Crippen LogP contribution in [-0.4, -0.2) is 16.3 Å². The van der Waals surface area contributed by atoms with Gasteiger partial charge in [0.1, 0.15) is 5.78 Å². The van der Waals surface area contributed by atoms with E-state index in [0.717, 1.165) is 31.1 Å². The summed E-state index contributed by atoms with van der Waals surface area (Å²) in [6.45, 7) is 9.02. The maximum Gasteiger partial charge on any atom is 0.134 e. The minimum atomic E-state index is 0.472. The molecule has 0 aromatic heterocycles. The lowest BCUT2D eigenvalue weighted by molar-refractivity contribution is -0.121. The predicted octanol–water partition coefficient (Wildman–Crippen LogP) is 3.52. The summed E-state index contributed by atoms with van der Waals surface area (Å²) in [5.41, 5.74) is 0. The van der Waals surface area contributed by atoms with Crippen LogP contribution in [0.25, 0.3) is 0 Å². The molecule has 1 fully saturated rings. The van der Waals surface area contributed by atoms with E-state index >= 15 is 0 Å². The van der Waals surface area contributed by atoms with E-state index in [1.54, 1.807) is 0 Å². The van der Waals surface area contributed by atoms with E-state index in [9.17, 15) is 4.79 Å². The van der Waals surface area contributed by atoms with Gasteiger partial charge >= 0.3 is 0 Å². The van der Waals surface area contributed by atoms with Gasteiger partial charge in [0.25, 0.3) is 0 Å². The average molecular weight is 214 g/mol. The molecule has 0 amide bonds. The van der Waals surface area contributed by atoms with Gasteiger partial charge in [-0.25, -0.2) is 0 Å². The van der Waals surface area contributed by atoms with Gasteiger partial charge in [0.05, 0.1) is 0 Å². The van der Waals surface area contributed by atoms with E-state index in [0.29, 0.717) is 16.3 Å². The fraction of sp³-hybridized carbons (Fsp3) is 0.917. The Kier molecular flexibility index (Phi) is 4.49. The number of rotatable bonds is 3. The fourth-order valence-electron chi connectivity index (χ4n) is 2.25. The van der Waals surface area contributed by atoms with Gasteiger partial charge in [-0.3, -0.25) is 4.79 Å². The Hall–Kier alpha value is 0.0200. The second-order valence-electron chi connectivity index (χ2n) is 4.91. The van der Waals surface area contributed by atoms with Gasteiger partial charge in [0.15, 0.2) is 0 Å². The Labute approximate surface area is 92.0 Å². The summed E-state index contributed by atoms with van der Waals surface area (Å²) < 4.78 is 0. The van der Waals surface area contributed by atoms with Crippen LogP contribution in [0.5, 0.6) is 0 Å². The highest BCUT2D eigenvalue weighted by Gasteiger charge is 2.31. The molecule has 0 bridgehead atoms. The quantitative estimate of drug-likeness (QED) is 0.715. The first-order valence-corrected chi connectivity index (χ1v) is 6.62. The Morgan fingerprint density at radius 1 is 1.29 bits per heavy atom. The molecule has 0 N–H and O–H groups in total. The smallest absolute Gasteiger partial charge is 0.134 e. The first-order valence-electron chi connectivity index (χ1n) is 5.68. The molecular weight excluding hydrogens is 192 g/mol. The second-order valence-corrected chi connectivity index (χ2v) is 6.73. The van der Waals surface area contributed by atoms with Crippen LogP contribution < -0.4 is 0 Å². The van der Waals surface area contributed by atoms with Crippen molar-refractivity contribution in [3.8, 4) is 0 Å². The summed E-state index contributed by atoms with van der Waals surface area (Å²) in [4.78, 5) is 11.4. The lowest BCUT2D eigenvalue weighted by Gasteiger charge is -2.34. The van der Waals surface area contributed by atoms with Gasteiger partial charge in [0, 0.05) is 18.1 Å². The fourth-order valence-corrected chi connectivity index (χ4v) is 3.89. The number of carbonyl (C=O) groups excluding carboxylic acids is 1. The van der Waals surface area contributed by atoms with E-state index in [1.165, 1.54) is 0 Å². The van der Waals surface area contributed by atoms with Gasteiger partial charge in [-0.05, 0) is 23.5 Å². The molecule has 2 atom stereocenters. The van der Waals surface area contributed by atoms with E-state index < -0.39 is 0 Å². The zero-order chi connectivity index (χ0) is 10.7. The first-order chi connectivity index (χ1) is 6.50. The lowest BCUT2D eigenvalue weighted by atomic mass is 9.81. The summed E-state index contributed by atoms with van der Waals surface area (Å²) in [5, 5.41) is 1.23. The van der Waals surface area contributed by atoms with Crippen molar-refractivity contribution in [2.24, 2.45) is 11.8 Å². The van der Waals surface area contributed by atoms with Crippen LogP contribution in [0.15, 0.2) is 0 Å². The summed E-state index contributed by atoms with van der Waals surface area (Å²) in [6, 6.07) is 0. The number of thioether (sulfide) groups is 1. The van der Waals surface area contributed by atoms with Crippen LogP contribution in [0.4, 0.5) is 0 Å². The molecule has 2 heteroatoms. The van der Waals surface area contributed by atoms with E-state index in [1.807, 2.05) is 11.8 Å². The third-order valence-electron chi connectivity index (χ3n) is 2.97. The van der Waals surface area contributed by atoms with Crippen molar-refractivity contribution in [1.82, 2.24) is 0 Å². The topological polar surface area (TPSA) is 17.1 Å². The van der Waals surface area contributed by atoms with E-state index in [2.05, 4.69) is 27.7 Å². The molecule has 0 saturated heterocycles. The highest BCUT2D eigenvalue weighted by atomic mass is 32.2. The van der Waals surface area contributed by atoms with E-state index in [-0.39, 0.29) is 0 Å². The maximum absolute atomic E-state index is 11.4. The Bertz CT molecular complexity index is 198. The zero-order valence-electron chi connectivity index (χ0n) is 9.75. The van der Waals surface area contributed by atoms with Gasteiger partial charge in [-0.2, -0.15) is 11.8 Å². The van der Waals surface area contributed by atoms with Crippen molar-refractivity contribution >= 4 is 17.5 Å². The number of hydrogen-bond acceptors (Lipinski definition) is 2. The highest BCUT2D eigenvalue weighted by molar-refractivity contribution is 8.00. The summed E-state index contributed by atoms with van der Waals surface area (Å²) in [6.07, 6.45) is 2.74. The minimum Gasteiger partial charge on any atom is -0.300 e. The van der Waals surface area contributed by atoms with Crippen molar-refractivity contribution in [2.75, 3.05) is 0 Å². The molecule has 1 aliphatic rings. The number of carbonyl (C=O) groups is 1. The third kappa shape index (κ3) is 3.30. The standard InChI is InChI=1S/C12H22OS/c1-8(2)11-6-5-10(13)7-12(11)14-9(3)4/h8-9,11-12H,5-7H2,1-4H3. The molecule has 0 aromatic rings. The lowest BCUT2D eigenvalue weighted by Crippen LogP contribution is -2.31. The molecule has 82 valence electrons. The molecule has 14 heavy (non-hydrogen) atoms. The molecule has 2 unspecified atom stereocenters. The van der Waals surface area contributed by atoms with Gasteiger partial charge < -0.3 is 0 Å². The summed E-state index contributed by atoms with van der Waals surface area (Å²) in [7, 11) is 0. The molecule has 1 saturated carbocycles.